The van der Waals surface area contributed by atoms with Gasteiger partial charge in [-0.2, -0.15) is 0 Å². The van der Waals surface area contributed by atoms with E-state index in [-0.39, 0.29) is 17.8 Å². The van der Waals surface area contributed by atoms with E-state index in [0.29, 0.717) is 33.3 Å². The number of benzene rings is 2. The van der Waals surface area contributed by atoms with Gasteiger partial charge in [-0.25, -0.2) is 0 Å². The number of hydrogen-bond donors (Lipinski definition) is 1. The van der Waals surface area contributed by atoms with Crippen LogP contribution < -0.4 is 10.1 Å². The van der Waals surface area contributed by atoms with Crippen LogP contribution in [0, 0.1) is 13.8 Å². The fraction of sp³-hybridized carbons (Fsp3) is 0.261. The lowest BCUT2D eigenvalue weighted by Crippen LogP contribution is -2.16. The number of carbonyl (C=O) groups is 1. The number of hydrogen-bond acceptors (Lipinski definition) is 5. The highest BCUT2D eigenvalue weighted by molar-refractivity contribution is 7.99. The second-order valence-corrected chi connectivity index (χ2v) is 8.86. The van der Waals surface area contributed by atoms with Crippen LogP contribution in [0.3, 0.4) is 0 Å². The lowest BCUT2D eigenvalue weighted by Gasteiger charge is -2.18. The van der Waals surface area contributed by atoms with Crippen molar-refractivity contribution in [3.63, 3.8) is 0 Å². The van der Waals surface area contributed by atoms with E-state index in [2.05, 4.69) is 22.1 Å². The summed E-state index contributed by atoms with van der Waals surface area (Å²) in [6.07, 6.45) is 1.42. The van der Waals surface area contributed by atoms with E-state index in [4.69, 9.17) is 27.9 Å². The Morgan fingerprint density at radius 1 is 1.25 bits per heavy atom. The molecule has 0 aliphatic carbocycles. The number of nitrogens with zero attached hydrogens (tertiary/aromatic N) is 3. The highest BCUT2D eigenvalue weighted by Gasteiger charge is 2.20. The van der Waals surface area contributed by atoms with Gasteiger partial charge in [0, 0.05) is 6.54 Å². The molecule has 3 aromatic rings. The number of ether oxygens (including phenoxy) is 1. The van der Waals surface area contributed by atoms with Gasteiger partial charge in [0.1, 0.15) is 5.75 Å². The zero-order valence-corrected chi connectivity index (χ0v) is 20.4. The van der Waals surface area contributed by atoms with Crippen LogP contribution in [0.15, 0.2) is 54.2 Å². The van der Waals surface area contributed by atoms with Crippen molar-refractivity contribution in [1.29, 1.82) is 0 Å². The zero-order valence-electron chi connectivity index (χ0n) is 18.1. The van der Waals surface area contributed by atoms with Gasteiger partial charge in [0.25, 0.3) is 0 Å². The molecule has 0 aliphatic heterocycles. The SMILES string of the molecule is C=CCn1c(SCC(=O)Nc2cccc(Cl)c2Cl)nnc1C(C)Oc1cccc(C)c1C. The van der Waals surface area contributed by atoms with Crippen molar-refractivity contribution in [2.75, 3.05) is 11.1 Å². The Morgan fingerprint density at radius 3 is 2.75 bits per heavy atom. The summed E-state index contributed by atoms with van der Waals surface area (Å²) in [6, 6.07) is 11.0. The first kappa shape index (κ1) is 24.2. The second-order valence-electron chi connectivity index (χ2n) is 7.14. The lowest BCUT2D eigenvalue weighted by atomic mass is 10.1. The number of aryl methyl sites for hydroxylation is 1. The molecule has 0 saturated carbocycles. The quantitative estimate of drug-likeness (QED) is 0.283. The Bertz CT molecular complexity index is 1130. The molecule has 1 N–H and O–H groups in total. The lowest BCUT2D eigenvalue weighted by molar-refractivity contribution is -0.113. The summed E-state index contributed by atoms with van der Waals surface area (Å²) in [5, 5.41) is 12.6. The Kier molecular flexibility index (Phi) is 8.23. The van der Waals surface area contributed by atoms with Gasteiger partial charge in [0.05, 0.1) is 21.5 Å². The summed E-state index contributed by atoms with van der Waals surface area (Å²) in [7, 11) is 0. The molecule has 6 nitrogen and oxygen atoms in total. The number of aromatic nitrogens is 3. The highest BCUT2D eigenvalue weighted by Crippen LogP contribution is 2.30. The maximum absolute atomic E-state index is 12.4. The van der Waals surface area contributed by atoms with Crippen LogP contribution in [0.25, 0.3) is 0 Å². The minimum atomic E-state index is -0.337. The van der Waals surface area contributed by atoms with Gasteiger partial charge in [0.15, 0.2) is 17.1 Å². The molecule has 9 heteroatoms. The number of amides is 1. The number of thioether (sulfide) groups is 1. The minimum absolute atomic E-state index is 0.129. The van der Waals surface area contributed by atoms with E-state index < -0.39 is 0 Å². The molecule has 0 radical (unpaired) electrons. The number of halogens is 2. The third-order valence-electron chi connectivity index (χ3n) is 4.84. The topological polar surface area (TPSA) is 69.0 Å². The van der Waals surface area contributed by atoms with E-state index in [1.165, 1.54) is 11.8 Å². The first-order chi connectivity index (χ1) is 15.3. The monoisotopic (exact) mass is 490 g/mol. The van der Waals surface area contributed by atoms with E-state index >= 15 is 0 Å². The van der Waals surface area contributed by atoms with Crippen LogP contribution in [-0.2, 0) is 11.3 Å². The van der Waals surface area contributed by atoms with Crippen molar-refractivity contribution in [1.82, 2.24) is 14.8 Å². The molecular weight excluding hydrogens is 467 g/mol. The first-order valence-corrected chi connectivity index (χ1v) is 11.7. The van der Waals surface area contributed by atoms with Gasteiger partial charge in [-0.15, -0.1) is 16.8 Å². The summed E-state index contributed by atoms with van der Waals surface area (Å²) >= 11 is 13.4. The fourth-order valence-electron chi connectivity index (χ4n) is 3.02. The summed E-state index contributed by atoms with van der Waals surface area (Å²) in [4.78, 5) is 12.4. The van der Waals surface area contributed by atoms with Gasteiger partial charge in [0.2, 0.25) is 5.91 Å². The van der Waals surface area contributed by atoms with Crippen LogP contribution in [0.5, 0.6) is 5.75 Å². The van der Waals surface area contributed by atoms with Crippen molar-refractivity contribution in [3.8, 4) is 5.75 Å². The largest absolute Gasteiger partial charge is 0.482 e. The first-order valence-electron chi connectivity index (χ1n) is 9.95. The molecule has 168 valence electrons. The summed E-state index contributed by atoms with van der Waals surface area (Å²) in [6.45, 7) is 10.3. The molecule has 1 aromatic heterocycles. The van der Waals surface area contributed by atoms with E-state index in [0.717, 1.165) is 16.9 Å². The van der Waals surface area contributed by atoms with Crippen LogP contribution in [0.4, 0.5) is 5.69 Å². The summed E-state index contributed by atoms with van der Waals surface area (Å²) < 4.78 is 8.06. The molecule has 32 heavy (non-hydrogen) atoms. The predicted octanol–water partition coefficient (Wildman–Crippen LogP) is 6.26. The normalized spacial score (nSPS) is 11.8. The standard InChI is InChI=1S/C23H24Cl2N4O2S/c1-5-12-29-22(16(4)31-19-11-6-8-14(2)15(19)3)27-28-23(29)32-13-20(30)26-18-10-7-9-17(24)21(18)25/h5-11,16H,1,12-13H2,2-4H3,(H,26,30). The van der Waals surface area contributed by atoms with Crippen molar-refractivity contribution in [3.05, 3.63) is 76.0 Å². The van der Waals surface area contributed by atoms with Crippen molar-refractivity contribution >= 4 is 46.6 Å². The average molecular weight is 491 g/mol. The molecule has 1 heterocycles. The molecule has 0 spiro atoms. The van der Waals surface area contributed by atoms with Crippen LogP contribution in [-0.4, -0.2) is 26.4 Å². The third kappa shape index (κ3) is 5.65. The van der Waals surface area contributed by atoms with E-state index in [9.17, 15) is 4.79 Å². The summed E-state index contributed by atoms with van der Waals surface area (Å²) in [5.74, 6) is 1.36. The highest BCUT2D eigenvalue weighted by atomic mass is 35.5. The molecule has 2 aromatic carbocycles. The Morgan fingerprint density at radius 2 is 2.00 bits per heavy atom. The molecular formula is C23H24Cl2N4O2S. The number of anilines is 1. The molecule has 0 saturated heterocycles. The van der Waals surface area contributed by atoms with Crippen LogP contribution >= 0.6 is 35.0 Å². The molecule has 1 amide bonds. The molecule has 0 fully saturated rings. The molecule has 1 unspecified atom stereocenters. The van der Waals surface area contributed by atoms with Crippen molar-refractivity contribution in [2.45, 2.75) is 38.6 Å². The molecule has 1 atom stereocenters. The number of rotatable bonds is 9. The summed E-state index contributed by atoms with van der Waals surface area (Å²) in [5.41, 5.74) is 2.71. The number of carbonyl (C=O) groups excluding carboxylic acids is 1. The van der Waals surface area contributed by atoms with Gasteiger partial charge in [-0.1, -0.05) is 59.2 Å². The van der Waals surface area contributed by atoms with Gasteiger partial charge in [-0.05, 0) is 50.1 Å². The van der Waals surface area contributed by atoms with Crippen molar-refractivity contribution in [2.24, 2.45) is 0 Å². The maximum atomic E-state index is 12.4. The van der Waals surface area contributed by atoms with Gasteiger partial charge < -0.3 is 10.1 Å². The van der Waals surface area contributed by atoms with E-state index in [1.54, 1.807) is 24.3 Å². The van der Waals surface area contributed by atoms with Gasteiger partial charge in [-0.3, -0.25) is 9.36 Å². The van der Waals surface area contributed by atoms with Crippen LogP contribution in [0.1, 0.15) is 30.0 Å². The number of nitrogens with one attached hydrogen (secondary N) is 1. The average Bonchev–Trinajstić information content (AvgIpc) is 3.16. The Labute approximate surface area is 202 Å². The Hall–Kier alpha value is -2.48. The fourth-order valence-corrected chi connectivity index (χ4v) is 4.12. The predicted molar refractivity (Wildman–Crippen MR) is 131 cm³/mol. The molecule has 0 aliphatic rings. The number of allylic oxidation sites excluding steroid dienone is 1. The Balaban J connectivity index is 1.71. The van der Waals surface area contributed by atoms with Crippen molar-refractivity contribution < 1.29 is 9.53 Å². The third-order valence-corrected chi connectivity index (χ3v) is 6.62. The molecule has 3 rings (SSSR count). The minimum Gasteiger partial charge on any atom is -0.482 e. The maximum Gasteiger partial charge on any atom is 0.234 e. The van der Waals surface area contributed by atoms with Gasteiger partial charge >= 0.3 is 0 Å². The second kappa shape index (κ2) is 10.9. The molecule has 0 bridgehead atoms. The van der Waals surface area contributed by atoms with E-state index in [1.807, 2.05) is 43.5 Å². The smallest absolute Gasteiger partial charge is 0.234 e. The van der Waals surface area contributed by atoms with Crippen LogP contribution in [0.2, 0.25) is 10.0 Å². The zero-order chi connectivity index (χ0) is 23.3.